The summed E-state index contributed by atoms with van der Waals surface area (Å²) < 4.78 is 15.9. The van der Waals surface area contributed by atoms with Crippen molar-refractivity contribution in [3.05, 3.63) is 23.9 Å². The number of rotatable bonds is 12. The predicted molar refractivity (Wildman–Crippen MR) is 95.5 cm³/mol. The summed E-state index contributed by atoms with van der Waals surface area (Å²) in [5, 5.41) is 6.57. The van der Waals surface area contributed by atoms with Crippen molar-refractivity contribution in [1.29, 1.82) is 0 Å². The van der Waals surface area contributed by atoms with E-state index in [0.717, 1.165) is 44.1 Å². The van der Waals surface area contributed by atoms with Crippen molar-refractivity contribution >= 4 is 5.96 Å². The zero-order valence-electron chi connectivity index (χ0n) is 15.0. The topological polar surface area (TPSA) is 77.0 Å². The van der Waals surface area contributed by atoms with Gasteiger partial charge in [0.25, 0.3) is 0 Å². The molecule has 0 aliphatic carbocycles. The van der Waals surface area contributed by atoms with Gasteiger partial charge in [-0.05, 0) is 25.8 Å². The van der Waals surface area contributed by atoms with Crippen molar-refractivity contribution in [3.8, 4) is 5.88 Å². The average molecular weight is 338 g/mol. The van der Waals surface area contributed by atoms with E-state index in [1.807, 2.05) is 19.1 Å². The number of aromatic nitrogens is 1. The number of hydrogen-bond donors (Lipinski definition) is 2. The Bertz CT molecular complexity index is 469. The summed E-state index contributed by atoms with van der Waals surface area (Å²) in [4.78, 5) is 8.49. The molecule has 0 atom stereocenters. The molecule has 1 rings (SSSR count). The van der Waals surface area contributed by atoms with Gasteiger partial charge in [0, 0.05) is 52.2 Å². The van der Waals surface area contributed by atoms with Crippen LogP contribution < -0.4 is 15.4 Å². The van der Waals surface area contributed by atoms with E-state index in [0.29, 0.717) is 25.6 Å². The Balaban J connectivity index is 2.35. The largest absolute Gasteiger partial charge is 0.475 e. The molecule has 0 fully saturated rings. The number of hydrogen-bond acceptors (Lipinski definition) is 5. The number of guanidine groups is 1. The summed E-state index contributed by atoms with van der Waals surface area (Å²) in [6.07, 6.45) is 3.80. The standard InChI is InChI=1S/C17H30N4O3/c1-4-23-11-6-5-9-20-17(18-2)21-14-15-8-7-10-19-16(15)24-13-12-22-3/h7-8,10H,4-6,9,11-14H2,1-3H3,(H2,18,20,21). The normalized spacial score (nSPS) is 11.4. The highest BCUT2D eigenvalue weighted by Gasteiger charge is 2.06. The zero-order chi connectivity index (χ0) is 17.5. The fraction of sp³-hybridized carbons (Fsp3) is 0.647. The van der Waals surface area contributed by atoms with Crippen molar-refractivity contribution in [1.82, 2.24) is 15.6 Å². The minimum Gasteiger partial charge on any atom is -0.475 e. The van der Waals surface area contributed by atoms with Gasteiger partial charge in [0.1, 0.15) is 6.61 Å². The second-order valence-corrected chi connectivity index (χ2v) is 5.07. The van der Waals surface area contributed by atoms with Crippen LogP contribution in [0.25, 0.3) is 0 Å². The molecule has 0 amide bonds. The van der Waals surface area contributed by atoms with E-state index in [1.165, 1.54) is 0 Å². The molecule has 136 valence electrons. The maximum absolute atomic E-state index is 5.63. The number of pyridine rings is 1. The summed E-state index contributed by atoms with van der Waals surface area (Å²) in [5.41, 5.74) is 0.980. The Morgan fingerprint density at radius 1 is 1.21 bits per heavy atom. The van der Waals surface area contributed by atoms with Gasteiger partial charge in [0.2, 0.25) is 5.88 Å². The third-order valence-corrected chi connectivity index (χ3v) is 3.26. The number of aliphatic imine (C=N–C) groups is 1. The van der Waals surface area contributed by atoms with Crippen molar-refractivity contribution in [2.75, 3.05) is 47.1 Å². The van der Waals surface area contributed by atoms with Gasteiger partial charge < -0.3 is 24.8 Å². The highest BCUT2D eigenvalue weighted by Crippen LogP contribution is 2.13. The van der Waals surface area contributed by atoms with Crippen LogP contribution in [0.15, 0.2) is 23.3 Å². The first-order valence-corrected chi connectivity index (χ1v) is 8.39. The van der Waals surface area contributed by atoms with Gasteiger partial charge in [0.05, 0.1) is 6.61 Å². The van der Waals surface area contributed by atoms with Gasteiger partial charge in [-0.1, -0.05) is 6.07 Å². The van der Waals surface area contributed by atoms with Gasteiger partial charge in [-0.3, -0.25) is 4.99 Å². The summed E-state index contributed by atoms with van der Waals surface area (Å²) in [6, 6.07) is 3.88. The highest BCUT2D eigenvalue weighted by molar-refractivity contribution is 5.79. The fourth-order valence-corrected chi connectivity index (χ4v) is 1.99. The van der Waals surface area contributed by atoms with E-state index in [9.17, 15) is 0 Å². The van der Waals surface area contributed by atoms with Crippen molar-refractivity contribution in [2.24, 2.45) is 4.99 Å². The quantitative estimate of drug-likeness (QED) is 0.342. The van der Waals surface area contributed by atoms with Gasteiger partial charge in [0.15, 0.2) is 5.96 Å². The van der Waals surface area contributed by atoms with E-state index < -0.39 is 0 Å². The third kappa shape index (κ3) is 8.69. The summed E-state index contributed by atoms with van der Waals surface area (Å²) in [7, 11) is 3.41. The molecular weight excluding hydrogens is 308 g/mol. The highest BCUT2D eigenvalue weighted by atomic mass is 16.5. The van der Waals surface area contributed by atoms with Crippen LogP contribution in [0.2, 0.25) is 0 Å². The number of ether oxygens (including phenoxy) is 3. The van der Waals surface area contributed by atoms with Crippen LogP contribution in [-0.4, -0.2) is 58.1 Å². The average Bonchev–Trinajstić information content (AvgIpc) is 2.61. The third-order valence-electron chi connectivity index (χ3n) is 3.26. The molecule has 0 bridgehead atoms. The maximum atomic E-state index is 5.63. The first kappa shape index (κ1) is 20.2. The second kappa shape index (κ2) is 13.6. The Kier molecular flexibility index (Phi) is 11.4. The van der Waals surface area contributed by atoms with E-state index in [4.69, 9.17) is 14.2 Å². The molecule has 0 unspecified atom stereocenters. The molecule has 1 aromatic heterocycles. The van der Waals surface area contributed by atoms with E-state index >= 15 is 0 Å². The van der Waals surface area contributed by atoms with Crippen LogP contribution in [-0.2, 0) is 16.0 Å². The summed E-state index contributed by atoms with van der Waals surface area (Å²) >= 11 is 0. The molecule has 0 aliphatic heterocycles. The van der Waals surface area contributed by atoms with Crippen LogP contribution in [0.3, 0.4) is 0 Å². The predicted octanol–water partition coefficient (Wildman–Crippen LogP) is 1.59. The lowest BCUT2D eigenvalue weighted by molar-refractivity contribution is 0.143. The van der Waals surface area contributed by atoms with Crippen LogP contribution in [0.1, 0.15) is 25.3 Å². The lowest BCUT2D eigenvalue weighted by atomic mass is 10.2. The lowest BCUT2D eigenvalue weighted by Crippen LogP contribution is -2.37. The Labute approximate surface area is 144 Å². The Morgan fingerprint density at radius 3 is 2.83 bits per heavy atom. The molecule has 1 aromatic rings. The summed E-state index contributed by atoms with van der Waals surface area (Å²) in [6.45, 7) is 6.06. The van der Waals surface area contributed by atoms with Gasteiger partial charge in [-0.25, -0.2) is 4.98 Å². The molecule has 0 spiro atoms. The molecule has 0 aliphatic rings. The molecular formula is C17H30N4O3. The van der Waals surface area contributed by atoms with Crippen LogP contribution >= 0.6 is 0 Å². The molecule has 0 saturated carbocycles. The molecule has 0 radical (unpaired) electrons. The minimum absolute atomic E-state index is 0.479. The first-order valence-electron chi connectivity index (χ1n) is 8.39. The minimum atomic E-state index is 0.479. The monoisotopic (exact) mass is 338 g/mol. The maximum Gasteiger partial charge on any atom is 0.218 e. The lowest BCUT2D eigenvalue weighted by Gasteiger charge is -2.14. The molecule has 24 heavy (non-hydrogen) atoms. The number of methoxy groups -OCH3 is 1. The first-order chi connectivity index (χ1) is 11.8. The number of nitrogens with one attached hydrogen (secondary N) is 2. The van der Waals surface area contributed by atoms with Crippen molar-refractivity contribution in [3.63, 3.8) is 0 Å². The van der Waals surface area contributed by atoms with Gasteiger partial charge >= 0.3 is 0 Å². The molecule has 7 heteroatoms. The number of unbranched alkanes of at least 4 members (excludes halogenated alkanes) is 1. The summed E-state index contributed by atoms with van der Waals surface area (Å²) in [5.74, 6) is 1.38. The Hall–Kier alpha value is -1.86. The smallest absolute Gasteiger partial charge is 0.218 e. The zero-order valence-corrected chi connectivity index (χ0v) is 15.0. The molecule has 0 saturated heterocycles. The molecule has 1 heterocycles. The number of nitrogens with zero attached hydrogens (tertiary/aromatic N) is 2. The van der Waals surface area contributed by atoms with Gasteiger partial charge in [-0.15, -0.1) is 0 Å². The van der Waals surface area contributed by atoms with E-state index in [2.05, 4.69) is 20.6 Å². The van der Waals surface area contributed by atoms with Crippen LogP contribution in [0, 0.1) is 0 Å². The Morgan fingerprint density at radius 2 is 2.08 bits per heavy atom. The molecule has 0 aromatic carbocycles. The van der Waals surface area contributed by atoms with Crippen molar-refractivity contribution < 1.29 is 14.2 Å². The fourth-order valence-electron chi connectivity index (χ4n) is 1.99. The van der Waals surface area contributed by atoms with Crippen LogP contribution in [0.5, 0.6) is 5.88 Å². The second-order valence-electron chi connectivity index (χ2n) is 5.07. The molecule has 7 nitrogen and oxygen atoms in total. The molecule has 2 N–H and O–H groups in total. The van der Waals surface area contributed by atoms with Gasteiger partial charge in [-0.2, -0.15) is 0 Å². The van der Waals surface area contributed by atoms with E-state index in [1.54, 1.807) is 20.4 Å². The SMILES string of the molecule is CCOCCCCNC(=NC)NCc1cccnc1OCCOC. The van der Waals surface area contributed by atoms with E-state index in [-0.39, 0.29) is 0 Å². The van der Waals surface area contributed by atoms with Crippen LogP contribution in [0.4, 0.5) is 0 Å². The van der Waals surface area contributed by atoms with Crippen molar-refractivity contribution in [2.45, 2.75) is 26.3 Å².